The minimum atomic E-state index is -0.445. The molecule has 1 unspecified atom stereocenters. The number of hydrogen-bond donors (Lipinski definition) is 2. The molecule has 78 valence electrons. The molecule has 1 heterocycles. The van der Waals surface area contributed by atoms with Crippen LogP contribution in [0.2, 0.25) is 0 Å². The van der Waals surface area contributed by atoms with E-state index >= 15 is 0 Å². The zero-order chi connectivity index (χ0) is 10.4. The molecule has 14 heavy (non-hydrogen) atoms. The van der Waals surface area contributed by atoms with Gasteiger partial charge in [0.1, 0.15) is 0 Å². The van der Waals surface area contributed by atoms with Gasteiger partial charge in [0.05, 0.1) is 12.4 Å². The van der Waals surface area contributed by atoms with E-state index in [2.05, 4.69) is 15.3 Å². The summed E-state index contributed by atoms with van der Waals surface area (Å²) in [6, 6.07) is 0. The van der Waals surface area contributed by atoms with Gasteiger partial charge >= 0.3 is 0 Å². The van der Waals surface area contributed by atoms with Crippen molar-refractivity contribution < 1.29 is 9.50 Å². The van der Waals surface area contributed by atoms with Crippen molar-refractivity contribution in [3.8, 4) is 0 Å². The Labute approximate surface area is 82.2 Å². The minimum Gasteiger partial charge on any atom is -0.396 e. The Bertz CT molecular complexity index is 265. The Morgan fingerprint density at radius 1 is 1.50 bits per heavy atom. The summed E-state index contributed by atoms with van der Waals surface area (Å²) < 4.78 is 12.4. The first-order chi connectivity index (χ1) is 6.72. The fourth-order valence-corrected chi connectivity index (χ4v) is 0.992. The van der Waals surface area contributed by atoms with Gasteiger partial charge in [0, 0.05) is 13.2 Å². The summed E-state index contributed by atoms with van der Waals surface area (Å²) in [7, 11) is 0. The third-order valence-electron chi connectivity index (χ3n) is 1.85. The van der Waals surface area contributed by atoms with Crippen molar-refractivity contribution in [1.29, 1.82) is 0 Å². The Kier molecular flexibility index (Phi) is 4.25. The average molecular weight is 199 g/mol. The maximum absolute atomic E-state index is 12.4. The van der Waals surface area contributed by atoms with Gasteiger partial charge in [-0.3, -0.25) is 0 Å². The molecule has 0 aliphatic rings. The SMILES string of the molecule is CC(CCO)CNc1ncc(F)cn1. The molecule has 2 N–H and O–H groups in total. The number of aliphatic hydroxyl groups excluding tert-OH is 1. The molecule has 1 aromatic heterocycles. The van der Waals surface area contributed by atoms with Crippen molar-refractivity contribution >= 4 is 5.95 Å². The normalized spacial score (nSPS) is 12.5. The average Bonchev–Trinajstić information content (AvgIpc) is 2.17. The van der Waals surface area contributed by atoms with E-state index in [9.17, 15) is 4.39 Å². The van der Waals surface area contributed by atoms with Gasteiger partial charge in [-0.2, -0.15) is 0 Å². The second-order valence-corrected chi connectivity index (χ2v) is 3.22. The summed E-state index contributed by atoms with van der Waals surface area (Å²) >= 11 is 0. The van der Waals surface area contributed by atoms with Crippen molar-refractivity contribution in [2.75, 3.05) is 18.5 Å². The molecule has 0 amide bonds. The van der Waals surface area contributed by atoms with Gasteiger partial charge < -0.3 is 10.4 Å². The van der Waals surface area contributed by atoms with Gasteiger partial charge in [-0.25, -0.2) is 14.4 Å². The molecular weight excluding hydrogens is 185 g/mol. The van der Waals surface area contributed by atoms with Gasteiger partial charge in [-0.05, 0) is 12.3 Å². The van der Waals surface area contributed by atoms with Crippen LogP contribution in [-0.2, 0) is 0 Å². The molecule has 0 saturated heterocycles. The summed E-state index contributed by atoms with van der Waals surface area (Å²) in [5, 5.41) is 11.6. The number of nitrogens with zero attached hydrogens (tertiary/aromatic N) is 2. The molecule has 0 radical (unpaired) electrons. The highest BCUT2D eigenvalue weighted by Gasteiger charge is 2.02. The molecule has 1 atom stereocenters. The fraction of sp³-hybridized carbons (Fsp3) is 0.556. The fourth-order valence-electron chi connectivity index (χ4n) is 0.992. The summed E-state index contributed by atoms with van der Waals surface area (Å²) in [5.41, 5.74) is 0. The smallest absolute Gasteiger partial charge is 0.222 e. The molecule has 0 bridgehead atoms. The zero-order valence-corrected chi connectivity index (χ0v) is 8.07. The van der Waals surface area contributed by atoms with Crippen LogP contribution in [0.15, 0.2) is 12.4 Å². The molecule has 0 aliphatic heterocycles. The Morgan fingerprint density at radius 3 is 2.71 bits per heavy atom. The Hall–Kier alpha value is -1.23. The Morgan fingerprint density at radius 2 is 2.14 bits per heavy atom. The number of aliphatic hydroxyl groups is 1. The largest absolute Gasteiger partial charge is 0.396 e. The summed E-state index contributed by atoms with van der Waals surface area (Å²) in [6.07, 6.45) is 2.96. The zero-order valence-electron chi connectivity index (χ0n) is 8.07. The molecule has 0 spiro atoms. The summed E-state index contributed by atoms with van der Waals surface area (Å²) in [4.78, 5) is 7.50. The van der Waals surface area contributed by atoms with Gasteiger partial charge in [-0.15, -0.1) is 0 Å². The van der Waals surface area contributed by atoms with Gasteiger partial charge in [0.2, 0.25) is 5.95 Å². The van der Waals surface area contributed by atoms with E-state index in [-0.39, 0.29) is 6.61 Å². The molecule has 5 heteroatoms. The van der Waals surface area contributed by atoms with Crippen LogP contribution in [0.25, 0.3) is 0 Å². The summed E-state index contributed by atoms with van der Waals surface area (Å²) in [5.74, 6) is 0.309. The van der Waals surface area contributed by atoms with Gasteiger partial charge in [0.15, 0.2) is 5.82 Å². The highest BCUT2D eigenvalue weighted by Crippen LogP contribution is 2.03. The molecule has 4 nitrogen and oxygen atoms in total. The molecule has 0 fully saturated rings. The van der Waals surface area contributed by atoms with Crippen LogP contribution >= 0.6 is 0 Å². The third-order valence-corrected chi connectivity index (χ3v) is 1.85. The van der Waals surface area contributed by atoms with Crippen molar-refractivity contribution in [3.63, 3.8) is 0 Å². The number of halogens is 1. The van der Waals surface area contributed by atoms with Crippen LogP contribution in [0.3, 0.4) is 0 Å². The number of hydrogen-bond acceptors (Lipinski definition) is 4. The van der Waals surface area contributed by atoms with Crippen molar-refractivity contribution in [2.24, 2.45) is 5.92 Å². The number of nitrogens with one attached hydrogen (secondary N) is 1. The van der Waals surface area contributed by atoms with Crippen LogP contribution in [0.1, 0.15) is 13.3 Å². The lowest BCUT2D eigenvalue weighted by Crippen LogP contribution is -2.14. The van der Waals surface area contributed by atoms with Crippen LogP contribution < -0.4 is 5.32 Å². The molecule has 0 aromatic carbocycles. The quantitative estimate of drug-likeness (QED) is 0.744. The number of rotatable bonds is 5. The maximum atomic E-state index is 12.4. The molecule has 0 aliphatic carbocycles. The van der Waals surface area contributed by atoms with E-state index in [1.54, 1.807) is 0 Å². The minimum absolute atomic E-state index is 0.174. The van der Waals surface area contributed by atoms with Crippen molar-refractivity contribution in [1.82, 2.24) is 9.97 Å². The first-order valence-corrected chi connectivity index (χ1v) is 4.54. The molecule has 1 aromatic rings. The van der Waals surface area contributed by atoms with Crippen LogP contribution in [0.4, 0.5) is 10.3 Å². The van der Waals surface area contributed by atoms with Crippen molar-refractivity contribution in [3.05, 3.63) is 18.2 Å². The lowest BCUT2D eigenvalue weighted by atomic mass is 10.1. The topological polar surface area (TPSA) is 58.0 Å². The summed E-state index contributed by atoms with van der Waals surface area (Å²) in [6.45, 7) is 2.85. The van der Waals surface area contributed by atoms with E-state index in [0.717, 1.165) is 18.8 Å². The van der Waals surface area contributed by atoms with Crippen LogP contribution in [0, 0.1) is 11.7 Å². The predicted octanol–water partition coefficient (Wildman–Crippen LogP) is 1.05. The first-order valence-electron chi connectivity index (χ1n) is 4.54. The first kappa shape index (κ1) is 10.8. The maximum Gasteiger partial charge on any atom is 0.222 e. The van der Waals surface area contributed by atoms with E-state index in [0.29, 0.717) is 18.4 Å². The van der Waals surface area contributed by atoms with Gasteiger partial charge in [-0.1, -0.05) is 6.92 Å². The van der Waals surface area contributed by atoms with E-state index in [1.807, 2.05) is 6.92 Å². The van der Waals surface area contributed by atoms with E-state index in [4.69, 9.17) is 5.11 Å². The highest BCUT2D eigenvalue weighted by atomic mass is 19.1. The predicted molar refractivity (Wildman–Crippen MR) is 51.3 cm³/mol. The molecule has 1 rings (SSSR count). The van der Waals surface area contributed by atoms with Crippen molar-refractivity contribution in [2.45, 2.75) is 13.3 Å². The molecular formula is C9H14FN3O. The van der Waals surface area contributed by atoms with E-state index in [1.165, 1.54) is 0 Å². The standard InChI is InChI=1S/C9H14FN3O/c1-7(2-3-14)4-11-9-12-5-8(10)6-13-9/h5-7,14H,2-4H2,1H3,(H,11,12,13). The number of anilines is 1. The second-order valence-electron chi connectivity index (χ2n) is 3.22. The van der Waals surface area contributed by atoms with Crippen LogP contribution in [-0.4, -0.2) is 28.2 Å². The second kappa shape index (κ2) is 5.49. The monoisotopic (exact) mass is 199 g/mol. The Balaban J connectivity index is 2.34. The number of aromatic nitrogens is 2. The lowest BCUT2D eigenvalue weighted by Gasteiger charge is -2.10. The van der Waals surface area contributed by atoms with Crippen LogP contribution in [0.5, 0.6) is 0 Å². The third kappa shape index (κ3) is 3.66. The molecule has 0 saturated carbocycles. The van der Waals surface area contributed by atoms with E-state index < -0.39 is 5.82 Å². The highest BCUT2D eigenvalue weighted by molar-refractivity contribution is 5.22. The van der Waals surface area contributed by atoms with Gasteiger partial charge in [0.25, 0.3) is 0 Å². The lowest BCUT2D eigenvalue weighted by molar-refractivity contribution is 0.265.